The molecular formula is C22H26N2O4. The van der Waals surface area contributed by atoms with Gasteiger partial charge in [-0.2, -0.15) is 0 Å². The van der Waals surface area contributed by atoms with Gasteiger partial charge in [-0.15, -0.1) is 0 Å². The summed E-state index contributed by atoms with van der Waals surface area (Å²) in [6.07, 6.45) is 2.45. The maximum Gasteiger partial charge on any atom is 0.410 e. The van der Waals surface area contributed by atoms with E-state index in [4.69, 9.17) is 9.94 Å². The number of ether oxygens (including phenoxy) is 1. The number of amides is 2. The first kappa shape index (κ1) is 21.2. The molecular weight excluding hydrogens is 356 g/mol. The monoisotopic (exact) mass is 382 g/mol. The molecule has 2 aromatic rings. The Morgan fingerprint density at radius 1 is 1.00 bits per heavy atom. The zero-order valence-corrected chi connectivity index (χ0v) is 16.4. The fourth-order valence-corrected chi connectivity index (χ4v) is 2.48. The molecule has 0 aliphatic rings. The molecule has 0 unspecified atom stereocenters. The van der Waals surface area contributed by atoms with Crippen molar-refractivity contribution in [1.29, 1.82) is 0 Å². The number of carbonyl (C=O) groups is 2. The zero-order chi connectivity index (χ0) is 20.6. The minimum Gasteiger partial charge on any atom is -0.444 e. The van der Waals surface area contributed by atoms with Crippen LogP contribution in [0, 0.1) is 0 Å². The fraction of sp³-hybridized carbons (Fsp3) is 0.273. The number of benzene rings is 2. The fourth-order valence-electron chi connectivity index (χ4n) is 2.48. The van der Waals surface area contributed by atoms with Crippen molar-refractivity contribution in [2.45, 2.75) is 39.5 Å². The van der Waals surface area contributed by atoms with Crippen molar-refractivity contribution in [1.82, 2.24) is 10.4 Å². The van der Waals surface area contributed by atoms with E-state index in [1.807, 2.05) is 75.4 Å². The summed E-state index contributed by atoms with van der Waals surface area (Å²) in [7, 11) is 0. The average molecular weight is 382 g/mol. The topological polar surface area (TPSA) is 78.9 Å². The Kier molecular flexibility index (Phi) is 7.35. The number of nitrogens with zero attached hydrogens (tertiary/aromatic N) is 1. The Morgan fingerprint density at radius 3 is 2.11 bits per heavy atom. The second-order valence-corrected chi connectivity index (χ2v) is 7.37. The molecule has 0 atom stereocenters. The molecule has 6 nitrogen and oxygen atoms in total. The smallest absolute Gasteiger partial charge is 0.410 e. The molecule has 6 heteroatoms. The summed E-state index contributed by atoms with van der Waals surface area (Å²) >= 11 is 0. The molecule has 0 radical (unpaired) electrons. The highest BCUT2D eigenvalue weighted by Crippen LogP contribution is 2.16. The van der Waals surface area contributed by atoms with Crippen molar-refractivity contribution in [3.63, 3.8) is 0 Å². The summed E-state index contributed by atoms with van der Waals surface area (Å²) in [5, 5.41) is 8.51. The zero-order valence-electron chi connectivity index (χ0n) is 16.4. The number of hydroxylamine groups is 1. The number of hydrogen-bond donors (Lipinski definition) is 2. The SMILES string of the molecule is CC(C)(C)OC(=O)N(Cc1ccccc1)Cc1ccc(/C=C/C(=O)NO)cc1. The molecule has 2 aromatic carbocycles. The van der Waals surface area contributed by atoms with Gasteiger partial charge in [0.2, 0.25) is 0 Å². The minimum absolute atomic E-state index is 0.375. The van der Waals surface area contributed by atoms with Gasteiger partial charge in [-0.3, -0.25) is 14.9 Å². The highest BCUT2D eigenvalue weighted by atomic mass is 16.6. The van der Waals surface area contributed by atoms with Crippen molar-refractivity contribution < 1.29 is 19.5 Å². The predicted molar refractivity (Wildman–Crippen MR) is 107 cm³/mol. The quantitative estimate of drug-likeness (QED) is 0.447. The molecule has 0 fully saturated rings. The number of carbonyl (C=O) groups excluding carboxylic acids is 2. The molecule has 28 heavy (non-hydrogen) atoms. The van der Waals surface area contributed by atoms with E-state index in [0.29, 0.717) is 13.1 Å². The van der Waals surface area contributed by atoms with Crippen LogP contribution in [0.3, 0.4) is 0 Å². The van der Waals surface area contributed by atoms with E-state index in [9.17, 15) is 9.59 Å². The average Bonchev–Trinajstić information content (AvgIpc) is 2.66. The van der Waals surface area contributed by atoms with Crippen LogP contribution in [-0.2, 0) is 22.6 Å². The van der Waals surface area contributed by atoms with Gasteiger partial charge >= 0.3 is 6.09 Å². The Morgan fingerprint density at radius 2 is 1.57 bits per heavy atom. The van der Waals surface area contributed by atoms with Crippen molar-refractivity contribution in [2.75, 3.05) is 0 Å². The van der Waals surface area contributed by atoms with Crippen LogP contribution in [0.4, 0.5) is 4.79 Å². The van der Waals surface area contributed by atoms with Crippen LogP contribution in [0.1, 0.15) is 37.5 Å². The van der Waals surface area contributed by atoms with Crippen LogP contribution in [0.2, 0.25) is 0 Å². The normalized spacial score (nSPS) is 11.3. The van der Waals surface area contributed by atoms with Gasteiger partial charge in [0.1, 0.15) is 5.60 Å². The second-order valence-electron chi connectivity index (χ2n) is 7.37. The summed E-state index contributed by atoms with van der Waals surface area (Å²) < 4.78 is 5.55. The van der Waals surface area contributed by atoms with E-state index in [0.717, 1.165) is 16.7 Å². The molecule has 0 spiro atoms. The van der Waals surface area contributed by atoms with Crippen LogP contribution >= 0.6 is 0 Å². The molecule has 0 aliphatic carbocycles. The van der Waals surface area contributed by atoms with Gasteiger partial charge in [0.05, 0.1) is 0 Å². The summed E-state index contributed by atoms with van der Waals surface area (Å²) in [6.45, 7) is 6.36. The van der Waals surface area contributed by atoms with Gasteiger partial charge in [-0.05, 0) is 43.5 Å². The van der Waals surface area contributed by atoms with Crippen LogP contribution < -0.4 is 5.48 Å². The van der Waals surface area contributed by atoms with Crippen molar-refractivity contribution in [2.24, 2.45) is 0 Å². The highest BCUT2D eigenvalue weighted by Gasteiger charge is 2.22. The third kappa shape index (κ3) is 7.25. The number of nitrogens with one attached hydrogen (secondary N) is 1. The molecule has 2 rings (SSSR count). The molecule has 0 saturated carbocycles. The van der Waals surface area contributed by atoms with E-state index in [-0.39, 0.29) is 6.09 Å². The Hall–Kier alpha value is -3.12. The number of rotatable bonds is 6. The van der Waals surface area contributed by atoms with Gasteiger partial charge in [0.25, 0.3) is 5.91 Å². The standard InChI is InChI=1S/C22H26N2O4/c1-22(2,3)28-21(26)24(15-18-7-5-4-6-8-18)16-19-11-9-17(10-12-19)13-14-20(25)23-27/h4-14,27H,15-16H2,1-3H3,(H,23,25)/b14-13+. The van der Waals surface area contributed by atoms with E-state index in [2.05, 4.69) is 0 Å². The van der Waals surface area contributed by atoms with E-state index >= 15 is 0 Å². The maximum absolute atomic E-state index is 12.7. The largest absolute Gasteiger partial charge is 0.444 e. The van der Waals surface area contributed by atoms with E-state index < -0.39 is 11.5 Å². The lowest BCUT2D eigenvalue weighted by atomic mass is 10.1. The van der Waals surface area contributed by atoms with Gasteiger partial charge in [0.15, 0.2) is 0 Å². The van der Waals surface area contributed by atoms with Crippen LogP contribution in [0.25, 0.3) is 6.08 Å². The first-order valence-corrected chi connectivity index (χ1v) is 9.00. The molecule has 2 amide bonds. The lowest BCUT2D eigenvalue weighted by Gasteiger charge is -2.27. The predicted octanol–water partition coefficient (Wildman–Crippen LogP) is 4.14. The third-order valence-corrected chi connectivity index (χ3v) is 3.76. The van der Waals surface area contributed by atoms with Crippen molar-refractivity contribution >= 4 is 18.1 Å². The third-order valence-electron chi connectivity index (χ3n) is 3.76. The summed E-state index contributed by atoms with van der Waals surface area (Å²) in [4.78, 5) is 25.4. The van der Waals surface area contributed by atoms with Gasteiger partial charge < -0.3 is 4.74 Å². The molecule has 0 heterocycles. The van der Waals surface area contributed by atoms with E-state index in [1.54, 1.807) is 16.5 Å². The Bertz CT molecular complexity index is 809. The molecule has 0 aliphatic heterocycles. The highest BCUT2D eigenvalue weighted by molar-refractivity contribution is 5.90. The molecule has 0 aromatic heterocycles. The Balaban J connectivity index is 2.13. The van der Waals surface area contributed by atoms with Gasteiger partial charge in [-0.25, -0.2) is 10.3 Å². The van der Waals surface area contributed by atoms with Crippen molar-refractivity contribution in [3.05, 3.63) is 77.4 Å². The summed E-state index contributed by atoms with van der Waals surface area (Å²) in [6, 6.07) is 17.2. The van der Waals surface area contributed by atoms with E-state index in [1.165, 1.54) is 6.08 Å². The van der Waals surface area contributed by atoms with Crippen molar-refractivity contribution in [3.8, 4) is 0 Å². The minimum atomic E-state index is -0.594. The second kappa shape index (κ2) is 9.71. The lowest BCUT2D eigenvalue weighted by molar-refractivity contribution is -0.124. The summed E-state index contributed by atoms with van der Waals surface area (Å²) in [5.74, 6) is -0.594. The molecule has 0 bridgehead atoms. The van der Waals surface area contributed by atoms with Gasteiger partial charge in [-0.1, -0.05) is 54.6 Å². The first-order valence-electron chi connectivity index (χ1n) is 9.00. The van der Waals surface area contributed by atoms with Crippen LogP contribution in [0.5, 0.6) is 0 Å². The Labute approximate surface area is 165 Å². The van der Waals surface area contributed by atoms with Crippen LogP contribution in [-0.4, -0.2) is 27.7 Å². The molecule has 148 valence electrons. The molecule has 0 saturated heterocycles. The summed E-state index contributed by atoms with van der Waals surface area (Å²) in [5.41, 5.74) is 3.72. The van der Waals surface area contributed by atoms with Gasteiger partial charge in [0, 0.05) is 19.2 Å². The number of hydrogen-bond acceptors (Lipinski definition) is 4. The maximum atomic E-state index is 12.7. The van der Waals surface area contributed by atoms with Crippen LogP contribution in [0.15, 0.2) is 60.7 Å². The first-order chi connectivity index (χ1) is 13.3. The lowest BCUT2D eigenvalue weighted by Crippen LogP contribution is -2.36. The molecule has 2 N–H and O–H groups in total.